The molecule has 0 aliphatic rings. The van der Waals surface area contributed by atoms with Crippen LogP contribution in [0.5, 0.6) is 0 Å². The Kier molecular flexibility index (Phi) is 6.79. The monoisotopic (exact) mass is 326 g/mol. The lowest BCUT2D eigenvalue weighted by molar-refractivity contribution is -0.130. The molecule has 128 valence electrons. The molecule has 1 N–H and O–H groups in total. The smallest absolute Gasteiger partial charge is 0.222 e. The Morgan fingerprint density at radius 2 is 1.75 bits per heavy atom. The van der Waals surface area contributed by atoms with E-state index in [2.05, 4.69) is 29.6 Å². The standard InChI is InChI=1S/C20H26N2O2/c1-16(23)21-14-7-3-4-13-20(24)22(2)15-18-11-8-10-17-9-5-6-12-19(17)18/h5-6,8-12H,3-4,7,13-15H2,1-2H3,(H,21,23). The van der Waals surface area contributed by atoms with E-state index in [0.29, 0.717) is 19.5 Å². The molecule has 0 aliphatic heterocycles. The lowest BCUT2D eigenvalue weighted by Crippen LogP contribution is -2.26. The molecule has 0 atom stereocenters. The second-order valence-electron chi connectivity index (χ2n) is 6.18. The third-order valence-electron chi connectivity index (χ3n) is 4.15. The minimum absolute atomic E-state index is 0.000831. The molecule has 24 heavy (non-hydrogen) atoms. The van der Waals surface area contributed by atoms with Crippen molar-refractivity contribution in [2.24, 2.45) is 0 Å². The van der Waals surface area contributed by atoms with Crippen LogP contribution in [0.4, 0.5) is 0 Å². The Labute approximate surface area is 143 Å². The summed E-state index contributed by atoms with van der Waals surface area (Å²) in [5.41, 5.74) is 1.18. The highest BCUT2D eigenvalue weighted by atomic mass is 16.2. The molecule has 0 aliphatic carbocycles. The van der Waals surface area contributed by atoms with Gasteiger partial charge in [0.15, 0.2) is 0 Å². The summed E-state index contributed by atoms with van der Waals surface area (Å²) in [6.45, 7) is 2.84. The number of unbranched alkanes of at least 4 members (excludes halogenated alkanes) is 2. The van der Waals surface area contributed by atoms with Gasteiger partial charge in [-0.05, 0) is 29.2 Å². The molecule has 0 saturated carbocycles. The number of amides is 2. The van der Waals surface area contributed by atoms with E-state index in [1.807, 2.05) is 25.2 Å². The number of carbonyl (C=O) groups is 2. The summed E-state index contributed by atoms with van der Waals surface area (Å²) in [4.78, 5) is 24.9. The van der Waals surface area contributed by atoms with Gasteiger partial charge < -0.3 is 10.2 Å². The molecule has 0 saturated heterocycles. The van der Waals surface area contributed by atoms with Crippen molar-refractivity contribution in [1.29, 1.82) is 0 Å². The fourth-order valence-corrected chi connectivity index (χ4v) is 2.81. The molecule has 0 fully saturated rings. The van der Waals surface area contributed by atoms with E-state index in [0.717, 1.165) is 19.3 Å². The van der Waals surface area contributed by atoms with Gasteiger partial charge in [-0.1, -0.05) is 48.9 Å². The highest BCUT2D eigenvalue weighted by Gasteiger charge is 2.10. The molecule has 0 heterocycles. The first-order valence-corrected chi connectivity index (χ1v) is 8.53. The summed E-state index contributed by atoms with van der Waals surface area (Å²) < 4.78 is 0. The molecule has 0 bridgehead atoms. The van der Waals surface area contributed by atoms with Crippen molar-refractivity contribution in [3.8, 4) is 0 Å². The molecule has 4 nitrogen and oxygen atoms in total. The summed E-state index contributed by atoms with van der Waals surface area (Å²) in [7, 11) is 1.86. The van der Waals surface area contributed by atoms with Crippen molar-refractivity contribution in [3.05, 3.63) is 48.0 Å². The van der Waals surface area contributed by atoms with E-state index in [4.69, 9.17) is 0 Å². The fourth-order valence-electron chi connectivity index (χ4n) is 2.81. The number of fused-ring (bicyclic) bond motifs is 1. The number of nitrogens with one attached hydrogen (secondary N) is 1. The Balaban J connectivity index is 1.80. The van der Waals surface area contributed by atoms with Gasteiger partial charge in [0, 0.05) is 33.5 Å². The molecular weight excluding hydrogens is 300 g/mol. The van der Waals surface area contributed by atoms with Crippen LogP contribution < -0.4 is 5.32 Å². The molecule has 4 heteroatoms. The third kappa shape index (κ3) is 5.37. The van der Waals surface area contributed by atoms with E-state index < -0.39 is 0 Å². The largest absolute Gasteiger partial charge is 0.356 e. The Bertz CT molecular complexity index is 692. The van der Waals surface area contributed by atoms with Crippen LogP contribution in [-0.2, 0) is 16.1 Å². The van der Waals surface area contributed by atoms with Gasteiger partial charge in [0.25, 0.3) is 0 Å². The number of benzene rings is 2. The van der Waals surface area contributed by atoms with Crippen molar-refractivity contribution in [1.82, 2.24) is 10.2 Å². The summed E-state index contributed by atoms with van der Waals surface area (Å²) >= 11 is 0. The predicted molar refractivity (Wildman–Crippen MR) is 97.6 cm³/mol. The summed E-state index contributed by atoms with van der Waals surface area (Å²) in [6, 6.07) is 14.5. The molecular formula is C20H26N2O2. The zero-order valence-electron chi connectivity index (χ0n) is 14.5. The van der Waals surface area contributed by atoms with Gasteiger partial charge >= 0.3 is 0 Å². The molecule has 2 amide bonds. The molecule has 2 aromatic carbocycles. The van der Waals surface area contributed by atoms with Crippen LogP contribution in [0.3, 0.4) is 0 Å². The van der Waals surface area contributed by atoms with E-state index >= 15 is 0 Å². The number of hydrogen-bond acceptors (Lipinski definition) is 2. The van der Waals surface area contributed by atoms with Gasteiger partial charge in [0.2, 0.25) is 11.8 Å². The van der Waals surface area contributed by atoms with Crippen LogP contribution in [0.25, 0.3) is 10.8 Å². The second kappa shape index (κ2) is 9.06. The van der Waals surface area contributed by atoms with E-state index in [9.17, 15) is 9.59 Å². The maximum absolute atomic E-state index is 12.3. The van der Waals surface area contributed by atoms with Gasteiger partial charge in [-0.2, -0.15) is 0 Å². The fraction of sp³-hybridized carbons (Fsp3) is 0.400. The minimum atomic E-state index is 0.000831. The number of nitrogens with zero attached hydrogens (tertiary/aromatic N) is 1. The molecule has 2 rings (SSSR count). The van der Waals surface area contributed by atoms with E-state index in [1.54, 1.807) is 4.90 Å². The molecule has 0 spiro atoms. The lowest BCUT2D eigenvalue weighted by Gasteiger charge is -2.18. The van der Waals surface area contributed by atoms with Crippen molar-refractivity contribution in [2.45, 2.75) is 39.2 Å². The van der Waals surface area contributed by atoms with Crippen LogP contribution in [0.2, 0.25) is 0 Å². The summed E-state index contributed by atoms with van der Waals surface area (Å²) in [5, 5.41) is 5.18. The average Bonchev–Trinajstić information content (AvgIpc) is 2.57. The van der Waals surface area contributed by atoms with E-state index in [-0.39, 0.29) is 11.8 Å². The highest BCUT2D eigenvalue weighted by molar-refractivity contribution is 5.86. The van der Waals surface area contributed by atoms with Crippen LogP contribution >= 0.6 is 0 Å². The van der Waals surface area contributed by atoms with Crippen LogP contribution in [0, 0.1) is 0 Å². The molecule has 0 unspecified atom stereocenters. The van der Waals surface area contributed by atoms with Crippen LogP contribution in [-0.4, -0.2) is 30.3 Å². The maximum Gasteiger partial charge on any atom is 0.222 e. The second-order valence-corrected chi connectivity index (χ2v) is 6.18. The number of carbonyl (C=O) groups excluding carboxylic acids is 2. The quantitative estimate of drug-likeness (QED) is 0.755. The molecule has 0 aromatic heterocycles. The van der Waals surface area contributed by atoms with Crippen LogP contribution in [0.15, 0.2) is 42.5 Å². The highest BCUT2D eigenvalue weighted by Crippen LogP contribution is 2.20. The number of rotatable bonds is 8. The SMILES string of the molecule is CC(=O)NCCCCCC(=O)N(C)Cc1cccc2ccccc12. The van der Waals surface area contributed by atoms with Gasteiger partial charge in [0.1, 0.15) is 0 Å². The minimum Gasteiger partial charge on any atom is -0.356 e. The molecule has 0 radical (unpaired) electrons. The Hall–Kier alpha value is -2.36. The van der Waals surface area contributed by atoms with Crippen LogP contribution in [0.1, 0.15) is 38.2 Å². The first kappa shape index (κ1) is 18.0. The molecule has 2 aromatic rings. The lowest BCUT2D eigenvalue weighted by atomic mass is 10.0. The van der Waals surface area contributed by atoms with Gasteiger partial charge in [-0.25, -0.2) is 0 Å². The average molecular weight is 326 g/mol. The summed E-state index contributed by atoms with van der Waals surface area (Å²) in [5.74, 6) is 0.170. The first-order valence-electron chi connectivity index (χ1n) is 8.53. The Morgan fingerprint density at radius 1 is 1.00 bits per heavy atom. The van der Waals surface area contributed by atoms with Crippen molar-refractivity contribution < 1.29 is 9.59 Å². The summed E-state index contributed by atoms with van der Waals surface area (Å²) in [6.07, 6.45) is 3.29. The maximum atomic E-state index is 12.3. The van der Waals surface area contributed by atoms with Crippen molar-refractivity contribution >= 4 is 22.6 Å². The number of hydrogen-bond donors (Lipinski definition) is 1. The Morgan fingerprint density at radius 3 is 2.54 bits per heavy atom. The van der Waals surface area contributed by atoms with Crippen molar-refractivity contribution in [3.63, 3.8) is 0 Å². The van der Waals surface area contributed by atoms with Gasteiger partial charge in [-0.3, -0.25) is 9.59 Å². The first-order chi connectivity index (χ1) is 11.6. The van der Waals surface area contributed by atoms with Crippen molar-refractivity contribution in [2.75, 3.05) is 13.6 Å². The van der Waals surface area contributed by atoms with Gasteiger partial charge in [0.05, 0.1) is 0 Å². The third-order valence-corrected chi connectivity index (χ3v) is 4.15. The predicted octanol–water partition coefficient (Wildman–Crippen LogP) is 3.49. The normalized spacial score (nSPS) is 10.6. The zero-order valence-corrected chi connectivity index (χ0v) is 14.5. The van der Waals surface area contributed by atoms with E-state index in [1.165, 1.54) is 23.3 Å². The van der Waals surface area contributed by atoms with Gasteiger partial charge in [-0.15, -0.1) is 0 Å². The topological polar surface area (TPSA) is 49.4 Å². The zero-order chi connectivity index (χ0) is 17.4.